The number of imidazole rings is 1. The molecule has 6 heteroatoms. The Morgan fingerprint density at radius 3 is 2.62 bits per heavy atom. The average molecular weight is 382 g/mol. The van der Waals surface area contributed by atoms with E-state index in [4.69, 9.17) is 4.42 Å². The monoisotopic (exact) mass is 381 g/mol. The number of hydrogen-bond acceptors (Lipinski definition) is 3. The molecule has 3 aromatic heterocycles. The Labute approximate surface area is 146 Å². The lowest BCUT2D eigenvalue weighted by Gasteiger charge is -2.04. The number of nitrogens with one attached hydrogen (secondary N) is 1. The number of hydrogen-bond donors (Lipinski definition) is 1. The van der Waals surface area contributed by atoms with E-state index in [1.165, 1.54) is 0 Å². The van der Waals surface area contributed by atoms with Crippen LogP contribution in [-0.4, -0.2) is 15.3 Å². The maximum Gasteiger partial charge on any atom is 0.291 e. The van der Waals surface area contributed by atoms with Crippen LogP contribution in [0.3, 0.4) is 0 Å². The Hall–Kier alpha value is -2.86. The molecule has 0 saturated carbocycles. The molecule has 118 valence electrons. The molecule has 4 aromatic rings. The fourth-order valence-electron chi connectivity index (χ4n) is 2.43. The molecule has 0 bridgehead atoms. The number of amides is 1. The SMILES string of the molecule is O=C(Nc1ccc(-c2cn3ccccc3n2)cc1)c1ccc(Br)o1. The molecule has 0 aliphatic rings. The summed E-state index contributed by atoms with van der Waals surface area (Å²) in [6.07, 6.45) is 3.94. The third-order valence-corrected chi connectivity index (χ3v) is 4.03. The number of halogens is 1. The number of furan rings is 1. The van der Waals surface area contributed by atoms with Crippen molar-refractivity contribution in [2.24, 2.45) is 0 Å². The molecule has 5 nitrogen and oxygen atoms in total. The second kappa shape index (κ2) is 5.98. The van der Waals surface area contributed by atoms with Gasteiger partial charge in [0.2, 0.25) is 0 Å². The summed E-state index contributed by atoms with van der Waals surface area (Å²) < 4.78 is 7.73. The van der Waals surface area contributed by atoms with E-state index in [2.05, 4.69) is 26.2 Å². The van der Waals surface area contributed by atoms with E-state index in [-0.39, 0.29) is 11.7 Å². The minimum atomic E-state index is -0.291. The highest BCUT2D eigenvalue weighted by Crippen LogP contribution is 2.22. The Balaban J connectivity index is 1.55. The van der Waals surface area contributed by atoms with E-state index >= 15 is 0 Å². The van der Waals surface area contributed by atoms with Gasteiger partial charge in [0.05, 0.1) is 5.69 Å². The van der Waals surface area contributed by atoms with Gasteiger partial charge in [-0.1, -0.05) is 18.2 Å². The molecule has 0 atom stereocenters. The zero-order valence-corrected chi connectivity index (χ0v) is 14.0. The first-order chi connectivity index (χ1) is 11.7. The molecular weight excluding hydrogens is 370 g/mol. The lowest BCUT2D eigenvalue weighted by molar-refractivity contribution is 0.0995. The van der Waals surface area contributed by atoms with Crippen LogP contribution in [0.15, 0.2) is 76.1 Å². The van der Waals surface area contributed by atoms with Gasteiger partial charge in [0.25, 0.3) is 5.91 Å². The minimum Gasteiger partial charge on any atom is -0.444 e. The highest BCUT2D eigenvalue weighted by atomic mass is 79.9. The van der Waals surface area contributed by atoms with Gasteiger partial charge < -0.3 is 14.1 Å². The van der Waals surface area contributed by atoms with Gasteiger partial charge in [-0.25, -0.2) is 4.98 Å². The topological polar surface area (TPSA) is 59.5 Å². The number of benzene rings is 1. The van der Waals surface area contributed by atoms with Gasteiger partial charge in [0, 0.05) is 23.6 Å². The van der Waals surface area contributed by atoms with Crippen LogP contribution in [0.2, 0.25) is 0 Å². The lowest BCUT2D eigenvalue weighted by Crippen LogP contribution is -2.10. The van der Waals surface area contributed by atoms with Crippen molar-refractivity contribution < 1.29 is 9.21 Å². The summed E-state index contributed by atoms with van der Waals surface area (Å²) >= 11 is 3.18. The van der Waals surface area contributed by atoms with Gasteiger partial charge >= 0.3 is 0 Å². The van der Waals surface area contributed by atoms with Crippen molar-refractivity contribution in [3.63, 3.8) is 0 Å². The molecule has 0 unspecified atom stereocenters. The Bertz CT molecular complexity index is 985. The summed E-state index contributed by atoms with van der Waals surface area (Å²) in [6, 6.07) is 16.7. The molecule has 0 aliphatic carbocycles. The molecule has 4 rings (SSSR count). The molecule has 0 spiro atoms. The van der Waals surface area contributed by atoms with Gasteiger partial charge in [-0.15, -0.1) is 0 Å². The van der Waals surface area contributed by atoms with Gasteiger partial charge in [-0.05, 0) is 52.3 Å². The van der Waals surface area contributed by atoms with Crippen LogP contribution in [0.5, 0.6) is 0 Å². The predicted molar refractivity (Wildman–Crippen MR) is 95.0 cm³/mol. The van der Waals surface area contributed by atoms with Crippen molar-refractivity contribution in [1.29, 1.82) is 0 Å². The molecular formula is C18H12BrN3O2. The largest absolute Gasteiger partial charge is 0.444 e. The van der Waals surface area contributed by atoms with Gasteiger partial charge in [-0.3, -0.25) is 4.79 Å². The number of rotatable bonds is 3. The number of carbonyl (C=O) groups excluding carboxylic acids is 1. The number of pyridine rings is 1. The summed E-state index contributed by atoms with van der Waals surface area (Å²) in [5.74, 6) is -0.0347. The van der Waals surface area contributed by atoms with Crippen LogP contribution in [0, 0.1) is 0 Å². The zero-order chi connectivity index (χ0) is 16.5. The van der Waals surface area contributed by atoms with Gasteiger partial charge in [-0.2, -0.15) is 0 Å². The third kappa shape index (κ3) is 2.83. The van der Waals surface area contributed by atoms with Gasteiger partial charge in [0.15, 0.2) is 10.4 Å². The van der Waals surface area contributed by atoms with E-state index in [1.54, 1.807) is 12.1 Å². The van der Waals surface area contributed by atoms with Crippen molar-refractivity contribution in [3.8, 4) is 11.3 Å². The quantitative estimate of drug-likeness (QED) is 0.563. The molecule has 1 N–H and O–H groups in total. The van der Waals surface area contributed by atoms with Crippen molar-refractivity contribution in [2.45, 2.75) is 0 Å². The summed E-state index contributed by atoms with van der Waals surface area (Å²) in [4.78, 5) is 16.6. The highest BCUT2D eigenvalue weighted by Gasteiger charge is 2.11. The molecule has 0 aliphatic heterocycles. The van der Waals surface area contributed by atoms with E-state index < -0.39 is 0 Å². The minimum absolute atomic E-state index is 0.256. The number of fused-ring (bicyclic) bond motifs is 1. The Kier molecular flexibility index (Phi) is 3.66. The van der Waals surface area contributed by atoms with Gasteiger partial charge in [0.1, 0.15) is 5.65 Å². The first kappa shape index (κ1) is 14.7. The molecule has 0 saturated heterocycles. The average Bonchev–Trinajstić information content (AvgIpc) is 3.21. The van der Waals surface area contributed by atoms with E-state index in [0.717, 1.165) is 16.9 Å². The van der Waals surface area contributed by atoms with Crippen molar-refractivity contribution in [3.05, 3.63) is 77.4 Å². The van der Waals surface area contributed by atoms with Crippen LogP contribution in [0.1, 0.15) is 10.6 Å². The standard InChI is InChI=1S/C18H12BrN3O2/c19-16-9-8-15(24-16)18(23)20-13-6-4-12(5-7-13)14-11-22-10-2-1-3-17(22)21-14/h1-11H,(H,20,23). The molecule has 1 aromatic carbocycles. The maximum absolute atomic E-state index is 12.1. The molecule has 3 heterocycles. The molecule has 0 radical (unpaired) electrons. The van der Waals surface area contributed by atoms with Crippen molar-refractivity contribution >= 4 is 33.2 Å². The fraction of sp³-hybridized carbons (Fsp3) is 0. The zero-order valence-electron chi connectivity index (χ0n) is 12.4. The maximum atomic E-state index is 12.1. The molecule has 24 heavy (non-hydrogen) atoms. The number of anilines is 1. The Morgan fingerprint density at radius 1 is 1.08 bits per heavy atom. The van der Waals surface area contributed by atoms with E-state index in [9.17, 15) is 4.79 Å². The first-order valence-electron chi connectivity index (χ1n) is 7.30. The van der Waals surface area contributed by atoms with E-state index in [0.29, 0.717) is 10.4 Å². The van der Waals surface area contributed by atoms with Crippen molar-refractivity contribution in [1.82, 2.24) is 9.38 Å². The first-order valence-corrected chi connectivity index (χ1v) is 8.09. The van der Waals surface area contributed by atoms with Crippen LogP contribution >= 0.6 is 15.9 Å². The van der Waals surface area contributed by atoms with Crippen molar-refractivity contribution in [2.75, 3.05) is 5.32 Å². The third-order valence-electron chi connectivity index (χ3n) is 3.60. The predicted octanol–water partition coefficient (Wildman–Crippen LogP) is 4.61. The number of aromatic nitrogens is 2. The molecule has 0 fully saturated rings. The summed E-state index contributed by atoms with van der Waals surface area (Å²) in [5, 5.41) is 2.80. The van der Waals surface area contributed by atoms with Crippen LogP contribution in [-0.2, 0) is 0 Å². The van der Waals surface area contributed by atoms with E-state index in [1.807, 2.05) is 59.3 Å². The smallest absolute Gasteiger partial charge is 0.291 e. The summed E-state index contributed by atoms with van der Waals surface area (Å²) in [6.45, 7) is 0. The second-order valence-electron chi connectivity index (χ2n) is 5.23. The van der Waals surface area contributed by atoms with Crippen LogP contribution in [0.25, 0.3) is 16.9 Å². The normalized spacial score (nSPS) is 10.9. The lowest BCUT2D eigenvalue weighted by atomic mass is 10.1. The van der Waals surface area contributed by atoms with Crippen LogP contribution < -0.4 is 5.32 Å². The number of carbonyl (C=O) groups is 1. The molecule has 1 amide bonds. The number of nitrogens with zero attached hydrogens (tertiary/aromatic N) is 2. The second-order valence-corrected chi connectivity index (χ2v) is 6.01. The highest BCUT2D eigenvalue weighted by molar-refractivity contribution is 9.10. The summed E-state index contributed by atoms with van der Waals surface area (Å²) in [7, 11) is 0. The Morgan fingerprint density at radius 2 is 1.92 bits per heavy atom. The summed E-state index contributed by atoms with van der Waals surface area (Å²) in [5.41, 5.74) is 3.46. The fourth-order valence-corrected chi connectivity index (χ4v) is 2.73. The van der Waals surface area contributed by atoms with Crippen LogP contribution in [0.4, 0.5) is 5.69 Å².